The van der Waals surface area contributed by atoms with Crippen molar-refractivity contribution in [2.75, 3.05) is 5.32 Å². The first-order valence-electron chi connectivity index (χ1n) is 7.18. The van der Waals surface area contributed by atoms with Gasteiger partial charge in [-0.1, -0.05) is 18.2 Å². The van der Waals surface area contributed by atoms with E-state index < -0.39 is 0 Å². The van der Waals surface area contributed by atoms with Gasteiger partial charge in [0.25, 0.3) is 5.91 Å². The maximum absolute atomic E-state index is 12.6. The van der Waals surface area contributed by atoms with E-state index in [4.69, 9.17) is 0 Å². The summed E-state index contributed by atoms with van der Waals surface area (Å²) in [5, 5.41) is 5.07. The molecule has 0 spiro atoms. The quantitative estimate of drug-likeness (QED) is 0.508. The van der Waals surface area contributed by atoms with E-state index in [2.05, 4.69) is 15.3 Å². The lowest BCUT2D eigenvalue weighted by atomic mass is 10.1. The second kappa shape index (κ2) is 4.77. The maximum Gasteiger partial charge on any atom is 0.257 e. The number of H-pyrrole nitrogens is 2. The molecule has 0 radical (unpaired) electrons. The standard InChI is InChI=1S/C18H15N3O/c1-11-10-14-15(20-11)6-3-7-16(14)21-18(22)13-5-2-4-12-8-9-19-17(12)13/h2-10,19-20H,1H3,(H,21,22). The van der Waals surface area contributed by atoms with Gasteiger partial charge in [-0.05, 0) is 37.3 Å². The fourth-order valence-corrected chi connectivity index (χ4v) is 2.87. The second-order valence-corrected chi connectivity index (χ2v) is 5.42. The number of aryl methyl sites for hydroxylation is 1. The third-order valence-corrected chi connectivity index (χ3v) is 3.88. The molecule has 3 N–H and O–H groups in total. The number of benzene rings is 2. The van der Waals surface area contributed by atoms with Crippen molar-refractivity contribution in [3.8, 4) is 0 Å². The Hall–Kier alpha value is -3.01. The minimum absolute atomic E-state index is 0.112. The summed E-state index contributed by atoms with van der Waals surface area (Å²) in [6.07, 6.45) is 1.84. The van der Waals surface area contributed by atoms with Crippen LogP contribution in [-0.4, -0.2) is 15.9 Å². The largest absolute Gasteiger partial charge is 0.361 e. The van der Waals surface area contributed by atoms with Crippen LogP contribution in [0.3, 0.4) is 0 Å². The van der Waals surface area contributed by atoms with Crippen LogP contribution in [0.15, 0.2) is 54.7 Å². The zero-order valence-corrected chi connectivity index (χ0v) is 12.1. The van der Waals surface area contributed by atoms with Crippen LogP contribution in [0.5, 0.6) is 0 Å². The number of aromatic amines is 2. The van der Waals surface area contributed by atoms with Gasteiger partial charge in [0.15, 0.2) is 0 Å². The number of fused-ring (bicyclic) bond motifs is 2. The SMILES string of the molecule is Cc1cc2c(NC(=O)c3cccc4cc[nH]c34)cccc2[nH]1. The molecule has 0 bridgehead atoms. The summed E-state index contributed by atoms with van der Waals surface area (Å²) in [7, 11) is 0. The molecule has 4 aromatic rings. The van der Waals surface area contributed by atoms with Crippen molar-refractivity contribution in [3.63, 3.8) is 0 Å². The van der Waals surface area contributed by atoms with Crippen LogP contribution in [0, 0.1) is 6.92 Å². The molecule has 0 aliphatic heterocycles. The molecule has 4 nitrogen and oxygen atoms in total. The minimum Gasteiger partial charge on any atom is -0.361 e. The van der Waals surface area contributed by atoms with E-state index in [-0.39, 0.29) is 5.91 Å². The summed E-state index contributed by atoms with van der Waals surface area (Å²) in [6, 6.07) is 15.6. The molecule has 0 atom stereocenters. The molecule has 0 unspecified atom stereocenters. The lowest BCUT2D eigenvalue weighted by molar-refractivity contribution is 0.102. The Morgan fingerprint density at radius 2 is 1.95 bits per heavy atom. The number of rotatable bonds is 2. The second-order valence-electron chi connectivity index (χ2n) is 5.42. The molecule has 4 heteroatoms. The lowest BCUT2D eigenvalue weighted by Gasteiger charge is -2.07. The van der Waals surface area contributed by atoms with Crippen molar-refractivity contribution >= 4 is 33.4 Å². The van der Waals surface area contributed by atoms with Gasteiger partial charge in [-0.15, -0.1) is 0 Å². The minimum atomic E-state index is -0.112. The highest BCUT2D eigenvalue weighted by Gasteiger charge is 2.12. The number of hydrogen-bond acceptors (Lipinski definition) is 1. The van der Waals surface area contributed by atoms with Crippen molar-refractivity contribution in [2.45, 2.75) is 6.92 Å². The predicted molar refractivity (Wildman–Crippen MR) is 89.3 cm³/mol. The molecule has 1 amide bonds. The molecule has 108 valence electrons. The average Bonchev–Trinajstić information content (AvgIpc) is 3.12. The summed E-state index contributed by atoms with van der Waals surface area (Å²) in [4.78, 5) is 19.0. The third-order valence-electron chi connectivity index (χ3n) is 3.88. The van der Waals surface area contributed by atoms with E-state index in [1.807, 2.05) is 61.7 Å². The van der Waals surface area contributed by atoms with Gasteiger partial charge >= 0.3 is 0 Å². The van der Waals surface area contributed by atoms with Gasteiger partial charge in [-0.2, -0.15) is 0 Å². The first-order valence-corrected chi connectivity index (χ1v) is 7.18. The average molecular weight is 289 g/mol. The normalized spacial score (nSPS) is 11.1. The number of hydrogen-bond donors (Lipinski definition) is 3. The van der Waals surface area contributed by atoms with E-state index in [1.165, 1.54) is 0 Å². The Morgan fingerprint density at radius 3 is 2.86 bits per heavy atom. The highest BCUT2D eigenvalue weighted by Crippen LogP contribution is 2.25. The van der Waals surface area contributed by atoms with E-state index in [1.54, 1.807) is 0 Å². The molecule has 0 saturated carbocycles. The van der Waals surface area contributed by atoms with E-state index in [9.17, 15) is 4.79 Å². The van der Waals surface area contributed by atoms with Crippen molar-refractivity contribution < 1.29 is 4.79 Å². The molecule has 0 saturated heterocycles. The van der Waals surface area contributed by atoms with Crippen LogP contribution in [0.2, 0.25) is 0 Å². The summed E-state index contributed by atoms with van der Waals surface area (Å²) in [5.74, 6) is -0.112. The summed E-state index contributed by atoms with van der Waals surface area (Å²) >= 11 is 0. The van der Waals surface area contributed by atoms with Crippen LogP contribution >= 0.6 is 0 Å². The Morgan fingerprint density at radius 1 is 1.09 bits per heavy atom. The van der Waals surface area contributed by atoms with Gasteiger partial charge in [0.2, 0.25) is 0 Å². The molecule has 0 fully saturated rings. The van der Waals surface area contributed by atoms with Crippen LogP contribution in [0.1, 0.15) is 16.1 Å². The zero-order chi connectivity index (χ0) is 15.1. The first-order chi connectivity index (χ1) is 10.7. The molecule has 22 heavy (non-hydrogen) atoms. The van der Waals surface area contributed by atoms with Crippen molar-refractivity contribution in [3.05, 3.63) is 66.0 Å². The van der Waals surface area contributed by atoms with Gasteiger partial charge in [0.05, 0.1) is 16.8 Å². The molecule has 2 aromatic heterocycles. The topological polar surface area (TPSA) is 60.7 Å². The Balaban J connectivity index is 1.76. The van der Waals surface area contributed by atoms with Gasteiger partial charge in [-0.25, -0.2) is 0 Å². The number of amides is 1. The Bertz CT molecular complexity index is 994. The van der Waals surface area contributed by atoms with Gasteiger partial charge in [0.1, 0.15) is 0 Å². The Labute approximate surface area is 127 Å². The van der Waals surface area contributed by atoms with Crippen LogP contribution in [0.4, 0.5) is 5.69 Å². The summed E-state index contributed by atoms with van der Waals surface area (Å²) in [5.41, 5.74) is 4.41. The predicted octanol–water partition coefficient (Wildman–Crippen LogP) is 4.21. The molecule has 4 rings (SSSR count). The van der Waals surface area contributed by atoms with Crippen LogP contribution in [0.25, 0.3) is 21.8 Å². The van der Waals surface area contributed by atoms with Crippen LogP contribution in [-0.2, 0) is 0 Å². The monoisotopic (exact) mass is 289 g/mol. The molecule has 0 aliphatic carbocycles. The third kappa shape index (κ3) is 1.97. The zero-order valence-electron chi connectivity index (χ0n) is 12.1. The van der Waals surface area contributed by atoms with Gasteiger partial charge in [0, 0.05) is 28.2 Å². The number of nitrogens with one attached hydrogen (secondary N) is 3. The van der Waals surface area contributed by atoms with Gasteiger partial charge < -0.3 is 15.3 Å². The highest BCUT2D eigenvalue weighted by molar-refractivity contribution is 6.14. The lowest BCUT2D eigenvalue weighted by Crippen LogP contribution is -2.12. The fraction of sp³-hybridized carbons (Fsp3) is 0.0556. The summed E-state index contributed by atoms with van der Waals surface area (Å²) in [6.45, 7) is 2.01. The molecule has 2 heterocycles. The fourth-order valence-electron chi connectivity index (χ4n) is 2.87. The van der Waals surface area contributed by atoms with Crippen molar-refractivity contribution in [2.24, 2.45) is 0 Å². The van der Waals surface area contributed by atoms with E-state index in [0.29, 0.717) is 5.56 Å². The molecule has 2 aromatic carbocycles. The number of para-hydroxylation sites is 1. The van der Waals surface area contributed by atoms with E-state index >= 15 is 0 Å². The molecular formula is C18H15N3O. The van der Waals surface area contributed by atoms with Crippen molar-refractivity contribution in [1.29, 1.82) is 0 Å². The number of carbonyl (C=O) groups is 1. The smallest absolute Gasteiger partial charge is 0.257 e. The first kappa shape index (κ1) is 12.7. The van der Waals surface area contributed by atoms with Crippen LogP contribution < -0.4 is 5.32 Å². The van der Waals surface area contributed by atoms with E-state index in [0.717, 1.165) is 33.2 Å². The molecule has 0 aliphatic rings. The highest BCUT2D eigenvalue weighted by atomic mass is 16.1. The number of aromatic nitrogens is 2. The van der Waals surface area contributed by atoms with Gasteiger partial charge in [-0.3, -0.25) is 4.79 Å². The number of anilines is 1. The number of carbonyl (C=O) groups excluding carboxylic acids is 1. The molecular weight excluding hydrogens is 274 g/mol. The van der Waals surface area contributed by atoms with Crippen molar-refractivity contribution in [1.82, 2.24) is 9.97 Å². The maximum atomic E-state index is 12.6. The summed E-state index contributed by atoms with van der Waals surface area (Å²) < 4.78 is 0. The Kier molecular flexibility index (Phi) is 2.76.